The Hall–Kier alpha value is -3.16. The molecule has 1 heterocycles. The standard InChI is InChI=1S/C36H42N2O3S2/c1-23(2)11-13-25-14-18-31(27(20-25)15-12-24(3)4)41-19-7-10-34(39)37-28-17-16-26-21-33(35(40)29(26)22-28)43-36-38-30-8-5-6-9-32(30)42-36/h5-6,8-9,14,16-18,20,22-24,33H,7,10-13,15,19,21H2,1-4H3,(H,37,39). The molecule has 4 aromatic rings. The molecule has 0 radical (unpaired) electrons. The minimum absolute atomic E-state index is 0.0709. The second kappa shape index (κ2) is 14.5. The summed E-state index contributed by atoms with van der Waals surface area (Å²) in [5, 5.41) is 2.80. The molecule has 1 aliphatic carbocycles. The molecule has 0 spiro atoms. The van der Waals surface area contributed by atoms with Gasteiger partial charge in [0.1, 0.15) is 5.75 Å². The number of hydrogen-bond acceptors (Lipinski definition) is 6. The molecule has 0 fully saturated rings. The van der Waals surface area contributed by atoms with Crippen molar-refractivity contribution in [3.63, 3.8) is 0 Å². The molecule has 5 rings (SSSR count). The Labute approximate surface area is 263 Å². The normalized spacial score (nSPS) is 14.6. The first-order chi connectivity index (χ1) is 20.7. The summed E-state index contributed by atoms with van der Waals surface area (Å²) >= 11 is 3.16. The summed E-state index contributed by atoms with van der Waals surface area (Å²) in [6.07, 6.45) is 6.05. The van der Waals surface area contributed by atoms with Crippen LogP contribution in [0.2, 0.25) is 0 Å². The Morgan fingerprint density at radius 2 is 1.81 bits per heavy atom. The van der Waals surface area contributed by atoms with Crippen molar-refractivity contribution in [3.05, 3.63) is 82.9 Å². The van der Waals surface area contributed by atoms with E-state index in [1.807, 2.05) is 36.4 Å². The average molecular weight is 615 g/mol. The van der Waals surface area contributed by atoms with E-state index < -0.39 is 0 Å². The molecule has 0 aliphatic heterocycles. The van der Waals surface area contributed by atoms with Crippen molar-refractivity contribution >= 4 is 50.7 Å². The molecule has 0 bridgehead atoms. The second-order valence-corrected chi connectivity index (χ2v) is 14.8. The zero-order valence-corrected chi connectivity index (χ0v) is 27.3. The summed E-state index contributed by atoms with van der Waals surface area (Å²) in [5.41, 5.74) is 5.99. The van der Waals surface area contributed by atoms with Gasteiger partial charge in [0.15, 0.2) is 10.1 Å². The summed E-state index contributed by atoms with van der Waals surface area (Å²) in [7, 11) is 0. The fourth-order valence-electron chi connectivity index (χ4n) is 5.31. The van der Waals surface area contributed by atoms with Gasteiger partial charge in [-0.1, -0.05) is 69.8 Å². The number of carbonyl (C=O) groups is 2. The topological polar surface area (TPSA) is 68.3 Å². The van der Waals surface area contributed by atoms with E-state index in [0.29, 0.717) is 49.0 Å². The number of nitrogens with zero attached hydrogens (tertiary/aromatic N) is 1. The number of ketones is 1. The minimum atomic E-state index is -0.187. The van der Waals surface area contributed by atoms with Crippen LogP contribution in [-0.2, 0) is 24.1 Å². The van der Waals surface area contributed by atoms with Gasteiger partial charge >= 0.3 is 0 Å². The molecule has 226 valence electrons. The van der Waals surface area contributed by atoms with Crippen molar-refractivity contribution < 1.29 is 14.3 Å². The van der Waals surface area contributed by atoms with Gasteiger partial charge in [0.05, 0.1) is 22.1 Å². The van der Waals surface area contributed by atoms with Gasteiger partial charge in [-0.2, -0.15) is 0 Å². The predicted molar refractivity (Wildman–Crippen MR) is 180 cm³/mol. The Kier molecular flexibility index (Phi) is 10.6. The first kappa shape index (κ1) is 31.3. The van der Waals surface area contributed by atoms with Crippen molar-refractivity contribution in [1.29, 1.82) is 0 Å². The van der Waals surface area contributed by atoms with Crippen LogP contribution in [0.4, 0.5) is 5.69 Å². The van der Waals surface area contributed by atoms with Crippen LogP contribution < -0.4 is 10.1 Å². The third-order valence-corrected chi connectivity index (χ3v) is 10.1. The minimum Gasteiger partial charge on any atom is -0.493 e. The van der Waals surface area contributed by atoms with Crippen LogP contribution in [-0.4, -0.2) is 28.5 Å². The third-order valence-electron chi connectivity index (χ3n) is 7.81. The predicted octanol–water partition coefficient (Wildman–Crippen LogP) is 9.17. The molecule has 43 heavy (non-hydrogen) atoms. The Balaban J connectivity index is 1.11. The first-order valence-corrected chi connectivity index (χ1v) is 17.2. The van der Waals surface area contributed by atoms with Crippen LogP contribution >= 0.6 is 23.1 Å². The molecule has 0 saturated heterocycles. The van der Waals surface area contributed by atoms with Crippen molar-refractivity contribution in [2.24, 2.45) is 11.8 Å². The van der Waals surface area contributed by atoms with E-state index >= 15 is 0 Å². The van der Waals surface area contributed by atoms with E-state index in [1.54, 1.807) is 11.3 Å². The maximum Gasteiger partial charge on any atom is 0.224 e. The lowest BCUT2D eigenvalue weighted by Crippen LogP contribution is -2.14. The number of rotatable bonds is 14. The quantitative estimate of drug-likeness (QED) is 0.143. The summed E-state index contributed by atoms with van der Waals surface area (Å²) in [4.78, 5) is 30.7. The number of nitrogens with one attached hydrogen (secondary N) is 1. The van der Waals surface area contributed by atoms with E-state index in [0.717, 1.165) is 45.1 Å². The molecular weight excluding hydrogens is 573 g/mol. The number of anilines is 1. The average Bonchev–Trinajstić information content (AvgIpc) is 3.53. The molecule has 1 N–H and O–H groups in total. The summed E-state index contributed by atoms with van der Waals surface area (Å²) in [6.45, 7) is 9.51. The lowest BCUT2D eigenvalue weighted by Gasteiger charge is -2.15. The first-order valence-electron chi connectivity index (χ1n) is 15.5. The number of ether oxygens (including phenoxy) is 1. The molecule has 1 amide bonds. The van der Waals surface area contributed by atoms with E-state index in [1.165, 1.54) is 29.3 Å². The summed E-state index contributed by atoms with van der Waals surface area (Å²) in [6, 6.07) is 20.3. The molecule has 0 saturated carbocycles. The van der Waals surface area contributed by atoms with E-state index in [2.05, 4.69) is 62.3 Å². The molecular formula is C36H42N2O3S2. The molecule has 3 aromatic carbocycles. The highest BCUT2D eigenvalue weighted by atomic mass is 32.2. The lowest BCUT2D eigenvalue weighted by molar-refractivity contribution is -0.116. The van der Waals surface area contributed by atoms with Gasteiger partial charge in [0.2, 0.25) is 5.91 Å². The fourth-order valence-corrected chi connectivity index (χ4v) is 7.71. The van der Waals surface area contributed by atoms with Crippen LogP contribution in [0.15, 0.2) is 65.0 Å². The van der Waals surface area contributed by atoms with Crippen molar-refractivity contribution in [3.8, 4) is 5.75 Å². The van der Waals surface area contributed by atoms with Crippen molar-refractivity contribution in [2.45, 2.75) is 82.2 Å². The highest BCUT2D eigenvalue weighted by Crippen LogP contribution is 2.38. The van der Waals surface area contributed by atoms with Crippen LogP contribution in [0, 0.1) is 11.8 Å². The number of carbonyl (C=O) groups excluding carboxylic acids is 2. The van der Waals surface area contributed by atoms with Crippen LogP contribution in [0.5, 0.6) is 5.75 Å². The molecule has 1 unspecified atom stereocenters. The van der Waals surface area contributed by atoms with Crippen molar-refractivity contribution in [1.82, 2.24) is 4.98 Å². The van der Waals surface area contributed by atoms with Gasteiger partial charge < -0.3 is 10.1 Å². The lowest BCUT2D eigenvalue weighted by atomic mass is 9.97. The SMILES string of the molecule is CC(C)CCc1ccc(OCCCC(=O)Nc2ccc3c(c2)C(=O)C(Sc2nc4ccccc4s2)C3)c(CCC(C)C)c1. The van der Waals surface area contributed by atoms with Gasteiger partial charge in [-0.25, -0.2) is 4.98 Å². The Morgan fingerprint density at radius 3 is 2.60 bits per heavy atom. The van der Waals surface area contributed by atoms with E-state index in [4.69, 9.17) is 4.74 Å². The number of para-hydroxylation sites is 1. The molecule has 1 aliphatic rings. The monoisotopic (exact) mass is 614 g/mol. The number of thioether (sulfide) groups is 1. The third kappa shape index (κ3) is 8.48. The van der Waals surface area contributed by atoms with Crippen LogP contribution in [0.3, 0.4) is 0 Å². The van der Waals surface area contributed by atoms with Crippen LogP contribution in [0.1, 0.15) is 80.4 Å². The number of benzene rings is 3. The van der Waals surface area contributed by atoms with Gasteiger partial charge in [-0.3, -0.25) is 9.59 Å². The number of hydrogen-bond donors (Lipinski definition) is 1. The summed E-state index contributed by atoms with van der Waals surface area (Å²) < 4.78 is 8.22. The Morgan fingerprint density at radius 1 is 1.02 bits per heavy atom. The Bertz CT molecular complexity index is 1540. The zero-order chi connectivity index (χ0) is 30.3. The van der Waals surface area contributed by atoms with Crippen LogP contribution in [0.25, 0.3) is 10.2 Å². The maximum absolute atomic E-state index is 13.2. The van der Waals surface area contributed by atoms with E-state index in [-0.39, 0.29) is 16.9 Å². The number of thiazole rings is 1. The van der Waals surface area contributed by atoms with Gasteiger partial charge in [0.25, 0.3) is 0 Å². The number of aromatic nitrogens is 1. The summed E-state index contributed by atoms with van der Waals surface area (Å²) in [5.74, 6) is 2.29. The van der Waals surface area contributed by atoms with E-state index in [9.17, 15) is 9.59 Å². The molecule has 7 heteroatoms. The number of Topliss-reactive ketones (excluding diaryl/α,β-unsaturated/α-hetero) is 1. The highest BCUT2D eigenvalue weighted by molar-refractivity contribution is 8.02. The second-order valence-electron chi connectivity index (χ2n) is 12.3. The maximum atomic E-state index is 13.2. The number of amides is 1. The van der Waals surface area contributed by atoms with Gasteiger partial charge in [0, 0.05) is 17.7 Å². The zero-order valence-electron chi connectivity index (χ0n) is 25.7. The molecule has 5 nitrogen and oxygen atoms in total. The highest BCUT2D eigenvalue weighted by Gasteiger charge is 2.32. The fraction of sp³-hybridized carbons (Fsp3) is 0.417. The molecule has 1 atom stereocenters. The number of fused-ring (bicyclic) bond motifs is 2. The van der Waals surface area contributed by atoms with Gasteiger partial charge in [-0.05, 0) is 97.4 Å². The molecule has 1 aromatic heterocycles. The van der Waals surface area contributed by atoms with Gasteiger partial charge in [-0.15, -0.1) is 11.3 Å². The largest absolute Gasteiger partial charge is 0.493 e. The smallest absolute Gasteiger partial charge is 0.224 e. The van der Waals surface area contributed by atoms with Crippen molar-refractivity contribution in [2.75, 3.05) is 11.9 Å². The number of aryl methyl sites for hydroxylation is 2.